The number of nitrogens with two attached hydrogens (primary N) is 1. The molecule has 2 amide bonds. The quantitative estimate of drug-likeness (QED) is 0.189. The molecule has 0 spiro atoms. The Labute approximate surface area is 220 Å². The molecule has 1 aliphatic heterocycles. The van der Waals surface area contributed by atoms with Gasteiger partial charge in [-0.1, -0.05) is 23.4 Å². The predicted molar refractivity (Wildman–Crippen MR) is 133 cm³/mol. The fourth-order valence-electron chi connectivity index (χ4n) is 4.32. The number of carbonyl (C=O) groups is 3. The molecule has 1 unspecified atom stereocenters. The zero-order chi connectivity index (χ0) is 27.7. The Balaban J connectivity index is 1.43. The zero-order valence-corrected chi connectivity index (χ0v) is 21.1. The highest BCUT2D eigenvalue weighted by Gasteiger charge is 2.32. The van der Waals surface area contributed by atoms with Crippen molar-refractivity contribution in [2.45, 2.75) is 6.73 Å². The van der Waals surface area contributed by atoms with Gasteiger partial charge in [0.15, 0.2) is 11.6 Å². The average molecular weight is 556 g/mol. The van der Waals surface area contributed by atoms with E-state index < -0.39 is 32.0 Å². The van der Waals surface area contributed by atoms with Crippen molar-refractivity contribution in [3.63, 3.8) is 0 Å². The predicted octanol–water partition coefficient (Wildman–Crippen LogP) is 0.957. The second kappa shape index (κ2) is 10.5. The third-order valence-electron chi connectivity index (χ3n) is 6.16. The lowest BCUT2D eigenvalue weighted by molar-refractivity contribution is -0.127. The number of rotatable bonds is 7. The Hall–Kier alpha value is -4.30. The van der Waals surface area contributed by atoms with Crippen molar-refractivity contribution >= 4 is 36.2 Å². The summed E-state index contributed by atoms with van der Waals surface area (Å²) in [6.07, 6.45) is 4.75. The standard InChI is InChI=1S/C23H22FN8O6P/c24-17-12-26-21(32-7-6-27-28-32)19-18(17)16(13-31(19)14-38-39(25,36)37)20(33)23(35)30-10-8-29(9-11-30)22(34)15-4-2-1-3-5-15/h1-7,12-13H,8-11,14H2,(H3,25,36,37). The van der Waals surface area contributed by atoms with Gasteiger partial charge in [-0.3, -0.25) is 18.9 Å². The molecule has 1 aliphatic rings. The molecule has 3 N–H and O–H groups in total. The van der Waals surface area contributed by atoms with E-state index in [0.717, 1.165) is 17.0 Å². The van der Waals surface area contributed by atoms with Crippen molar-refractivity contribution in [3.05, 3.63) is 72.1 Å². The van der Waals surface area contributed by atoms with Crippen molar-refractivity contribution in [1.82, 2.24) is 34.3 Å². The van der Waals surface area contributed by atoms with Gasteiger partial charge in [-0.15, -0.1) is 5.10 Å². The molecule has 5 rings (SSSR count). The van der Waals surface area contributed by atoms with Gasteiger partial charge in [0.05, 0.1) is 35.1 Å². The lowest BCUT2D eigenvalue weighted by Crippen LogP contribution is -2.52. The minimum atomic E-state index is -4.45. The number of nitrogens with zero attached hydrogens (tertiary/aromatic N) is 7. The zero-order valence-electron chi connectivity index (χ0n) is 20.3. The van der Waals surface area contributed by atoms with Crippen molar-refractivity contribution in [2.75, 3.05) is 26.2 Å². The van der Waals surface area contributed by atoms with E-state index in [-0.39, 0.29) is 54.4 Å². The van der Waals surface area contributed by atoms with E-state index in [1.54, 1.807) is 35.2 Å². The number of hydrogen-bond acceptors (Lipinski definition) is 8. The lowest BCUT2D eigenvalue weighted by atomic mass is 10.1. The molecule has 3 aromatic heterocycles. The Kier molecular flexibility index (Phi) is 7.06. The largest absolute Gasteiger partial charge is 0.401 e. The van der Waals surface area contributed by atoms with E-state index in [1.165, 1.54) is 22.0 Å². The topological polar surface area (TPSA) is 179 Å². The molecular formula is C23H22FN8O6P. The molecule has 0 aliphatic carbocycles. The van der Waals surface area contributed by atoms with Crippen LogP contribution in [0.25, 0.3) is 16.7 Å². The van der Waals surface area contributed by atoms with Gasteiger partial charge in [0.2, 0.25) is 0 Å². The number of hydrogen-bond donors (Lipinski definition) is 2. The maximum atomic E-state index is 15.1. The van der Waals surface area contributed by atoms with Crippen LogP contribution < -0.4 is 5.50 Å². The van der Waals surface area contributed by atoms with Crippen LogP contribution in [0.2, 0.25) is 0 Å². The Bertz CT molecular complexity index is 1600. The van der Waals surface area contributed by atoms with Crippen LogP contribution in [0.4, 0.5) is 4.39 Å². The summed E-state index contributed by atoms with van der Waals surface area (Å²) in [7, 11) is -4.45. The molecular weight excluding hydrogens is 534 g/mol. The first-order chi connectivity index (χ1) is 18.6. The number of halogens is 1. The number of aromatic nitrogens is 5. The van der Waals surface area contributed by atoms with E-state index >= 15 is 4.39 Å². The van der Waals surface area contributed by atoms with Crippen molar-refractivity contribution < 1.29 is 32.8 Å². The van der Waals surface area contributed by atoms with Crippen LogP contribution in [0, 0.1) is 5.82 Å². The molecule has 4 aromatic rings. The minimum Gasteiger partial charge on any atom is -0.335 e. The van der Waals surface area contributed by atoms with Crippen LogP contribution in [0.5, 0.6) is 0 Å². The van der Waals surface area contributed by atoms with E-state index in [1.807, 2.05) is 0 Å². The van der Waals surface area contributed by atoms with E-state index in [2.05, 4.69) is 15.3 Å². The Morgan fingerprint density at radius 2 is 1.79 bits per heavy atom. The lowest BCUT2D eigenvalue weighted by Gasteiger charge is -2.34. The molecule has 1 saturated heterocycles. The average Bonchev–Trinajstić information content (AvgIpc) is 3.61. The van der Waals surface area contributed by atoms with Gasteiger partial charge in [0, 0.05) is 37.9 Å². The van der Waals surface area contributed by atoms with Crippen LogP contribution in [0.1, 0.15) is 20.7 Å². The van der Waals surface area contributed by atoms with Crippen molar-refractivity contribution in [3.8, 4) is 5.82 Å². The number of carbonyl (C=O) groups excluding carboxylic acids is 3. The third-order valence-corrected chi connectivity index (χ3v) is 6.65. The monoisotopic (exact) mass is 556 g/mol. The van der Waals surface area contributed by atoms with E-state index in [0.29, 0.717) is 5.56 Å². The summed E-state index contributed by atoms with van der Waals surface area (Å²) in [4.78, 5) is 55.6. The summed E-state index contributed by atoms with van der Waals surface area (Å²) in [5.74, 6) is -2.99. The molecule has 1 atom stereocenters. The van der Waals surface area contributed by atoms with Crippen molar-refractivity contribution in [1.29, 1.82) is 0 Å². The maximum absolute atomic E-state index is 15.1. The first-order valence-corrected chi connectivity index (χ1v) is 13.3. The second-order valence-corrected chi connectivity index (χ2v) is 10.0. The van der Waals surface area contributed by atoms with Gasteiger partial charge >= 0.3 is 7.75 Å². The summed E-state index contributed by atoms with van der Waals surface area (Å²) < 4.78 is 33.8. The summed E-state index contributed by atoms with van der Waals surface area (Å²) in [5, 5.41) is 7.26. The first kappa shape index (κ1) is 26.3. The highest BCUT2D eigenvalue weighted by Crippen LogP contribution is 2.34. The number of amides is 2. The number of benzene rings is 1. The SMILES string of the molecule is NP(=O)(O)OCn1cc(C(=O)C(=O)N2CCN(C(=O)c3ccccc3)CC2)c2c(F)cnc(-n3ccnn3)c21. The normalized spacial score (nSPS) is 15.4. The van der Waals surface area contributed by atoms with Crippen LogP contribution in [-0.2, 0) is 20.6 Å². The Morgan fingerprint density at radius 1 is 1.10 bits per heavy atom. The summed E-state index contributed by atoms with van der Waals surface area (Å²) >= 11 is 0. The molecule has 14 nitrogen and oxygen atoms in total. The number of fused-ring (bicyclic) bond motifs is 1. The van der Waals surface area contributed by atoms with Crippen LogP contribution in [0.15, 0.2) is 55.1 Å². The number of piperazine rings is 1. The van der Waals surface area contributed by atoms with Gasteiger partial charge in [0.1, 0.15) is 6.73 Å². The van der Waals surface area contributed by atoms with Gasteiger partial charge in [0.25, 0.3) is 17.6 Å². The highest BCUT2D eigenvalue weighted by atomic mass is 31.2. The fourth-order valence-corrected chi connectivity index (χ4v) is 4.61. The molecule has 1 aromatic carbocycles. The molecule has 0 saturated carbocycles. The molecule has 4 heterocycles. The molecule has 1 fully saturated rings. The summed E-state index contributed by atoms with van der Waals surface area (Å²) in [6.45, 7) is -0.0475. The molecule has 39 heavy (non-hydrogen) atoms. The maximum Gasteiger partial charge on any atom is 0.401 e. The fraction of sp³-hybridized carbons (Fsp3) is 0.217. The van der Waals surface area contributed by atoms with Gasteiger partial charge < -0.3 is 19.3 Å². The first-order valence-electron chi connectivity index (χ1n) is 11.6. The molecule has 0 bridgehead atoms. The van der Waals surface area contributed by atoms with Crippen LogP contribution in [0.3, 0.4) is 0 Å². The van der Waals surface area contributed by atoms with E-state index in [9.17, 15) is 23.8 Å². The van der Waals surface area contributed by atoms with E-state index in [4.69, 9.17) is 10.0 Å². The third kappa shape index (κ3) is 5.33. The number of pyridine rings is 1. The van der Waals surface area contributed by atoms with Gasteiger partial charge in [-0.05, 0) is 12.1 Å². The molecule has 0 radical (unpaired) electrons. The molecule has 202 valence electrons. The second-order valence-electron chi connectivity index (χ2n) is 8.62. The summed E-state index contributed by atoms with van der Waals surface area (Å²) in [6, 6.07) is 8.70. The van der Waals surface area contributed by atoms with Crippen LogP contribution in [-0.4, -0.2) is 83.0 Å². The van der Waals surface area contributed by atoms with Crippen LogP contribution >= 0.6 is 7.75 Å². The highest BCUT2D eigenvalue weighted by molar-refractivity contribution is 7.50. The number of ketones is 1. The van der Waals surface area contributed by atoms with Gasteiger partial charge in [-0.2, -0.15) is 0 Å². The number of Topliss-reactive ketones (excluding diaryl/α,β-unsaturated/α-hetero) is 1. The van der Waals surface area contributed by atoms with Crippen molar-refractivity contribution in [2.24, 2.45) is 5.50 Å². The summed E-state index contributed by atoms with van der Waals surface area (Å²) in [5.41, 5.74) is 5.24. The Morgan fingerprint density at radius 3 is 2.44 bits per heavy atom. The van der Waals surface area contributed by atoms with Gasteiger partial charge in [-0.25, -0.2) is 24.1 Å². The smallest absolute Gasteiger partial charge is 0.335 e. The minimum absolute atomic E-state index is 0.0248. The molecule has 16 heteroatoms.